The Morgan fingerprint density at radius 1 is 1.13 bits per heavy atom. The third-order valence-electron chi connectivity index (χ3n) is 4.14. The standard InChI is InChI=1S/C19H26N2O2/c1-5-21(6-2)18(23)14-7-9-15(10-8-14)20-16-11-17(22)13-19(3,4)12-16/h7-11,20H,5-6,12-13H2,1-4H3. The fraction of sp³-hybridized carbons (Fsp3) is 0.474. The van der Waals surface area contributed by atoms with Crippen molar-refractivity contribution in [1.82, 2.24) is 4.90 Å². The maximum atomic E-state index is 12.3. The van der Waals surface area contributed by atoms with Gasteiger partial charge in [-0.1, -0.05) is 13.8 Å². The van der Waals surface area contributed by atoms with Crippen LogP contribution in [0.15, 0.2) is 36.0 Å². The lowest BCUT2D eigenvalue weighted by molar-refractivity contribution is -0.117. The van der Waals surface area contributed by atoms with E-state index < -0.39 is 0 Å². The van der Waals surface area contributed by atoms with Crippen LogP contribution in [0.2, 0.25) is 0 Å². The van der Waals surface area contributed by atoms with Gasteiger partial charge in [-0.15, -0.1) is 0 Å². The molecule has 1 N–H and O–H groups in total. The molecule has 0 radical (unpaired) electrons. The maximum absolute atomic E-state index is 12.3. The molecule has 0 saturated heterocycles. The van der Waals surface area contributed by atoms with Crippen molar-refractivity contribution in [2.75, 3.05) is 18.4 Å². The van der Waals surface area contributed by atoms with Crippen LogP contribution < -0.4 is 5.32 Å². The van der Waals surface area contributed by atoms with Crippen molar-refractivity contribution in [2.24, 2.45) is 5.41 Å². The van der Waals surface area contributed by atoms with Crippen LogP contribution in [0, 0.1) is 5.41 Å². The SMILES string of the molecule is CCN(CC)C(=O)c1ccc(NC2=CC(=O)CC(C)(C)C2)cc1. The summed E-state index contributed by atoms with van der Waals surface area (Å²) in [5.41, 5.74) is 2.52. The first-order chi connectivity index (χ1) is 10.8. The van der Waals surface area contributed by atoms with Gasteiger partial charge in [0.25, 0.3) is 5.91 Å². The molecular formula is C19H26N2O2. The van der Waals surface area contributed by atoms with Gasteiger partial charge in [-0.05, 0) is 49.9 Å². The van der Waals surface area contributed by atoms with Crippen LogP contribution >= 0.6 is 0 Å². The van der Waals surface area contributed by atoms with Gasteiger partial charge in [-0.25, -0.2) is 0 Å². The molecule has 4 heteroatoms. The molecular weight excluding hydrogens is 288 g/mol. The second-order valence-corrected chi connectivity index (χ2v) is 6.83. The Balaban J connectivity index is 2.09. The molecule has 0 atom stereocenters. The average Bonchev–Trinajstić information content (AvgIpc) is 2.47. The van der Waals surface area contributed by atoms with Crippen LogP contribution in [0.4, 0.5) is 5.69 Å². The molecule has 0 fully saturated rings. The Morgan fingerprint density at radius 3 is 2.26 bits per heavy atom. The van der Waals surface area contributed by atoms with Crippen molar-refractivity contribution in [1.29, 1.82) is 0 Å². The third-order valence-corrected chi connectivity index (χ3v) is 4.14. The van der Waals surface area contributed by atoms with Crippen LogP contribution in [0.1, 0.15) is 50.9 Å². The summed E-state index contributed by atoms with van der Waals surface area (Å²) < 4.78 is 0. The zero-order valence-corrected chi connectivity index (χ0v) is 14.5. The largest absolute Gasteiger partial charge is 0.359 e. The molecule has 23 heavy (non-hydrogen) atoms. The number of amides is 1. The maximum Gasteiger partial charge on any atom is 0.253 e. The van der Waals surface area contributed by atoms with E-state index in [4.69, 9.17) is 0 Å². The van der Waals surface area contributed by atoms with Crippen LogP contribution in [0.3, 0.4) is 0 Å². The Labute approximate surface area is 138 Å². The summed E-state index contributed by atoms with van der Waals surface area (Å²) >= 11 is 0. The first kappa shape index (κ1) is 17.3. The van der Waals surface area contributed by atoms with Gasteiger partial charge < -0.3 is 10.2 Å². The molecule has 0 aliphatic heterocycles. The van der Waals surface area contributed by atoms with Crippen molar-refractivity contribution in [2.45, 2.75) is 40.5 Å². The molecule has 124 valence electrons. The molecule has 1 aliphatic rings. The second-order valence-electron chi connectivity index (χ2n) is 6.83. The average molecular weight is 314 g/mol. The zero-order valence-electron chi connectivity index (χ0n) is 14.5. The predicted molar refractivity (Wildman–Crippen MR) is 93.4 cm³/mol. The van der Waals surface area contributed by atoms with Gasteiger partial charge in [-0.2, -0.15) is 0 Å². The summed E-state index contributed by atoms with van der Waals surface area (Å²) in [5, 5.41) is 3.31. The van der Waals surface area contributed by atoms with Gasteiger partial charge >= 0.3 is 0 Å². The lowest BCUT2D eigenvalue weighted by Gasteiger charge is -2.29. The normalized spacial score (nSPS) is 16.7. The smallest absolute Gasteiger partial charge is 0.253 e. The number of hydrogen-bond acceptors (Lipinski definition) is 3. The summed E-state index contributed by atoms with van der Waals surface area (Å²) in [7, 11) is 0. The molecule has 2 rings (SSSR count). The molecule has 0 spiro atoms. The molecule has 0 aromatic heterocycles. The number of ketones is 1. The van der Waals surface area contributed by atoms with Gasteiger partial charge in [0.15, 0.2) is 5.78 Å². The van der Waals surface area contributed by atoms with Crippen LogP contribution in [-0.4, -0.2) is 29.7 Å². The monoisotopic (exact) mass is 314 g/mol. The highest BCUT2D eigenvalue weighted by Gasteiger charge is 2.27. The highest BCUT2D eigenvalue weighted by Crippen LogP contribution is 2.33. The van der Waals surface area contributed by atoms with Crippen molar-refractivity contribution < 1.29 is 9.59 Å². The molecule has 1 aliphatic carbocycles. The number of benzene rings is 1. The first-order valence-electron chi connectivity index (χ1n) is 8.24. The van der Waals surface area contributed by atoms with Crippen LogP contribution in [0.5, 0.6) is 0 Å². The zero-order chi connectivity index (χ0) is 17.0. The number of anilines is 1. The van der Waals surface area contributed by atoms with E-state index in [0.29, 0.717) is 25.1 Å². The number of nitrogens with zero attached hydrogens (tertiary/aromatic N) is 1. The summed E-state index contributed by atoms with van der Waals surface area (Å²) in [4.78, 5) is 25.9. The Bertz CT molecular complexity index is 611. The summed E-state index contributed by atoms with van der Waals surface area (Å²) in [5.74, 6) is 0.215. The molecule has 0 saturated carbocycles. The fourth-order valence-electron chi connectivity index (χ4n) is 3.00. The lowest BCUT2D eigenvalue weighted by atomic mass is 9.79. The van der Waals surface area contributed by atoms with E-state index in [-0.39, 0.29) is 17.1 Å². The van der Waals surface area contributed by atoms with Gasteiger partial charge in [0.05, 0.1) is 0 Å². The molecule has 0 heterocycles. The second kappa shape index (κ2) is 6.99. The van der Waals surface area contributed by atoms with Crippen molar-refractivity contribution >= 4 is 17.4 Å². The first-order valence-corrected chi connectivity index (χ1v) is 8.24. The minimum Gasteiger partial charge on any atom is -0.359 e. The Kier molecular flexibility index (Phi) is 5.24. The summed E-state index contributed by atoms with van der Waals surface area (Å²) in [6.45, 7) is 9.58. The molecule has 4 nitrogen and oxygen atoms in total. The lowest BCUT2D eigenvalue weighted by Crippen LogP contribution is -2.30. The Morgan fingerprint density at radius 2 is 1.74 bits per heavy atom. The molecule has 0 unspecified atom stereocenters. The summed E-state index contributed by atoms with van der Waals surface area (Å²) in [6.07, 6.45) is 3.13. The van der Waals surface area contributed by atoms with E-state index in [9.17, 15) is 9.59 Å². The third kappa shape index (κ3) is 4.44. The van der Waals surface area contributed by atoms with E-state index in [0.717, 1.165) is 17.8 Å². The van der Waals surface area contributed by atoms with E-state index in [1.165, 1.54) is 0 Å². The quantitative estimate of drug-likeness (QED) is 0.898. The topological polar surface area (TPSA) is 49.4 Å². The van der Waals surface area contributed by atoms with E-state index >= 15 is 0 Å². The minimum absolute atomic E-state index is 0.00712. The van der Waals surface area contributed by atoms with E-state index in [1.54, 1.807) is 11.0 Å². The van der Waals surface area contributed by atoms with E-state index in [1.807, 2.05) is 38.1 Å². The predicted octanol–water partition coefficient (Wildman–Crippen LogP) is 3.85. The molecule has 1 amide bonds. The highest BCUT2D eigenvalue weighted by molar-refractivity contribution is 5.95. The van der Waals surface area contributed by atoms with Gasteiger partial charge in [0.2, 0.25) is 0 Å². The van der Waals surface area contributed by atoms with Gasteiger partial charge in [0, 0.05) is 42.5 Å². The van der Waals surface area contributed by atoms with Crippen LogP contribution in [-0.2, 0) is 4.79 Å². The number of hydrogen-bond donors (Lipinski definition) is 1. The van der Waals surface area contributed by atoms with Gasteiger partial charge in [0.1, 0.15) is 0 Å². The van der Waals surface area contributed by atoms with E-state index in [2.05, 4.69) is 19.2 Å². The molecule has 0 bridgehead atoms. The van der Waals surface area contributed by atoms with Gasteiger partial charge in [-0.3, -0.25) is 9.59 Å². The highest BCUT2D eigenvalue weighted by atomic mass is 16.2. The molecule has 1 aromatic rings. The summed E-state index contributed by atoms with van der Waals surface area (Å²) in [6, 6.07) is 7.45. The van der Waals surface area contributed by atoms with Crippen molar-refractivity contribution in [3.05, 3.63) is 41.6 Å². The number of nitrogens with one attached hydrogen (secondary N) is 1. The molecule has 1 aromatic carbocycles. The van der Waals surface area contributed by atoms with Crippen molar-refractivity contribution in [3.8, 4) is 0 Å². The van der Waals surface area contributed by atoms with Crippen LogP contribution in [0.25, 0.3) is 0 Å². The van der Waals surface area contributed by atoms with Crippen molar-refractivity contribution in [3.63, 3.8) is 0 Å². The number of carbonyl (C=O) groups is 2. The number of carbonyl (C=O) groups excluding carboxylic acids is 2. The number of allylic oxidation sites excluding steroid dienone is 2. The fourth-order valence-corrected chi connectivity index (χ4v) is 3.00. The Hall–Kier alpha value is -2.10. The minimum atomic E-state index is -0.00712. The number of rotatable bonds is 5.